The van der Waals surface area contributed by atoms with Gasteiger partial charge >= 0.3 is 0 Å². The molecular formula is C23H29N3O7S. The van der Waals surface area contributed by atoms with Gasteiger partial charge in [0.2, 0.25) is 5.91 Å². The summed E-state index contributed by atoms with van der Waals surface area (Å²) in [6.45, 7) is 1.87. The fourth-order valence-corrected chi connectivity index (χ4v) is 4.29. The molecule has 0 fully saturated rings. The second kappa shape index (κ2) is 11.7. The van der Waals surface area contributed by atoms with E-state index in [1.165, 1.54) is 48.3 Å². The lowest BCUT2D eigenvalue weighted by Gasteiger charge is -2.17. The summed E-state index contributed by atoms with van der Waals surface area (Å²) in [7, 11) is -0.767. The van der Waals surface area contributed by atoms with Gasteiger partial charge in [0.05, 0.1) is 24.7 Å². The van der Waals surface area contributed by atoms with Crippen molar-refractivity contribution in [3.63, 3.8) is 0 Å². The van der Waals surface area contributed by atoms with Crippen LogP contribution >= 0.6 is 0 Å². The third-order valence-corrected chi connectivity index (χ3v) is 6.37. The number of nitrogens with zero attached hydrogens (tertiary/aromatic N) is 1. The van der Waals surface area contributed by atoms with Crippen molar-refractivity contribution < 1.29 is 32.2 Å². The highest BCUT2D eigenvalue weighted by atomic mass is 32.2. The molecule has 3 rings (SSSR count). The maximum Gasteiger partial charge on any atom is 0.262 e. The maximum atomic E-state index is 12.8. The summed E-state index contributed by atoms with van der Waals surface area (Å²) in [5, 5.41) is 2.72. The maximum absolute atomic E-state index is 12.8. The minimum atomic E-state index is -3.88. The van der Waals surface area contributed by atoms with Gasteiger partial charge in [-0.1, -0.05) is 0 Å². The van der Waals surface area contributed by atoms with Crippen molar-refractivity contribution in [3.8, 4) is 11.5 Å². The highest BCUT2D eigenvalue weighted by molar-refractivity contribution is 7.92. The number of anilines is 1. The molecule has 2 aromatic rings. The standard InChI is InChI=1S/C23H29N3O7S/c1-26(16-22(27)24-11-3-12-31-2)23(28)17-5-7-18(8-6-17)25-34(29,30)19-9-10-20-21(15-19)33-14-4-13-32-20/h5-10,15,25H,3-4,11-14,16H2,1-2H3,(H,24,27). The third kappa shape index (κ3) is 6.84. The second-order valence-electron chi connectivity index (χ2n) is 7.70. The third-order valence-electron chi connectivity index (χ3n) is 4.99. The number of rotatable bonds is 10. The molecule has 0 spiro atoms. The minimum absolute atomic E-state index is 0.0353. The summed E-state index contributed by atoms with van der Waals surface area (Å²) >= 11 is 0. The predicted octanol–water partition coefficient (Wildman–Crippen LogP) is 1.87. The molecule has 34 heavy (non-hydrogen) atoms. The van der Waals surface area contributed by atoms with E-state index < -0.39 is 10.0 Å². The van der Waals surface area contributed by atoms with Crippen molar-refractivity contribution in [2.24, 2.45) is 0 Å². The van der Waals surface area contributed by atoms with Crippen LogP contribution in [0.2, 0.25) is 0 Å². The molecule has 1 aliphatic rings. The highest BCUT2D eigenvalue weighted by Gasteiger charge is 2.20. The average molecular weight is 492 g/mol. The number of ether oxygens (including phenoxy) is 3. The van der Waals surface area contributed by atoms with E-state index in [2.05, 4.69) is 10.0 Å². The number of carbonyl (C=O) groups excluding carboxylic acids is 2. The van der Waals surface area contributed by atoms with E-state index in [0.29, 0.717) is 62.0 Å². The van der Waals surface area contributed by atoms with Crippen LogP contribution in [0.3, 0.4) is 0 Å². The minimum Gasteiger partial charge on any atom is -0.490 e. The zero-order chi connectivity index (χ0) is 24.6. The number of sulfonamides is 1. The number of benzene rings is 2. The number of amides is 2. The molecule has 0 aliphatic carbocycles. The summed E-state index contributed by atoms with van der Waals surface area (Å²) in [6, 6.07) is 10.4. The molecule has 2 N–H and O–H groups in total. The van der Waals surface area contributed by atoms with Gasteiger partial charge < -0.3 is 24.4 Å². The summed E-state index contributed by atoms with van der Waals surface area (Å²) in [6.07, 6.45) is 1.40. The molecule has 0 atom stereocenters. The lowest BCUT2D eigenvalue weighted by atomic mass is 10.2. The Kier molecular flexibility index (Phi) is 8.72. The topological polar surface area (TPSA) is 123 Å². The molecule has 2 amide bonds. The number of nitrogens with one attached hydrogen (secondary N) is 2. The van der Waals surface area contributed by atoms with Crippen LogP contribution in [0, 0.1) is 0 Å². The molecule has 0 saturated heterocycles. The molecular weight excluding hydrogens is 462 g/mol. The van der Waals surface area contributed by atoms with E-state index in [-0.39, 0.29) is 23.3 Å². The van der Waals surface area contributed by atoms with Crippen LogP contribution < -0.4 is 19.5 Å². The molecule has 11 heteroatoms. The number of hydrogen-bond acceptors (Lipinski definition) is 7. The smallest absolute Gasteiger partial charge is 0.262 e. The summed E-state index contributed by atoms with van der Waals surface area (Å²) in [4.78, 5) is 25.9. The van der Waals surface area contributed by atoms with Gasteiger partial charge in [-0.2, -0.15) is 0 Å². The number of hydrogen-bond donors (Lipinski definition) is 2. The van der Waals surface area contributed by atoms with E-state index in [4.69, 9.17) is 14.2 Å². The number of methoxy groups -OCH3 is 1. The first-order chi connectivity index (χ1) is 16.3. The average Bonchev–Trinajstić information content (AvgIpc) is 3.06. The van der Waals surface area contributed by atoms with Gasteiger partial charge in [-0.15, -0.1) is 0 Å². The van der Waals surface area contributed by atoms with Crippen molar-refractivity contribution >= 4 is 27.5 Å². The molecule has 0 radical (unpaired) electrons. The first-order valence-corrected chi connectivity index (χ1v) is 12.3. The Balaban J connectivity index is 1.60. The normalized spacial score (nSPS) is 13.0. The van der Waals surface area contributed by atoms with Crippen molar-refractivity contribution in [1.82, 2.24) is 10.2 Å². The van der Waals surface area contributed by atoms with Crippen LogP contribution in [0.5, 0.6) is 11.5 Å². The van der Waals surface area contributed by atoms with Crippen molar-refractivity contribution in [3.05, 3.63) is 48.0 Å². The van der Waals surface area contributed by atoms with Crippen molar-refractivity contribution in [2.75, 3.05) is 51.8 Å². The molecule has 0 saturated carbocycles. The van der Waals surface area contributed by atoms with Crippen LogP contribution in [0.15, 0.2) is 47.4 Å². The molecule has 10 nitrogen and oxygen atoms in total. The molecule has 0 unspecified atom stereocenters. The fourth-order valence-electron chi connectivity index (χ4n) is 3.21. The Labute approximate surface area is 199 Å². The Morgan fingerprint density at radius 2 is 1.76 bits per heavy atom. The molecule has 0 aromatic heterocycles. The first-order valence-electron chi connectivity index (χ1n) is 10.8. The second-order valence-corrected chi connectivity index (χ2v) is 9.38. The van der Waals surface area contributed by atoms with Crippen molar-refractivity contribution in [1.29, 1.82) is 0 Å². The van der Waals surface area contributed by atoms with Crippen LogP contribution in [0.25, 0.3) is 0 Å². The Bertz CT molecular complexity index is 1100. The molecule has 184 valence electrons. The van der Waals surface area contributed by atoms with Gasteiger partial charge in [-0.3, -0.25) is 14.3 Å². The van der Waals surface area contributed by atoms with Crippen LogP contribution in [0.4, 0.5) is 5.69 Å². The summed E-state index contributed by atoms with van der Waals surface area (Å²) < 4.78 is 44.1. The van der Waals surface area contributed by atoms with Gasteiger partial charge in [-0.25, -0.2) is 8.42 Å². The van der Waals surface area contributed by atoms with E-state index >= 15 is 0 Å². The molecule has 1 aliphatic heterocycles. The van der Waals surface area contributed by atoms with E-state index in [9.17, 15) is 18.0 Å². The summed E-state index contributed by atoms with van der Waals surface area (Å²) in [5.41, 5.74) is 0.621. The van der Waals surface area contributed by atoms with Crippen molar-refractivity contribution in [2.45, 2.75) is 17.7 Å². The predicted molar refractivity (Wildman–Crippen MR) is 126 cm³/mol. The van der Waals surface area contributed by atoms with E-state index in [0.717, 1.165) is 0 Å². The van der Waals surface area contributed by atoms with E-state index in [1.54, 1.807) is 13.2 Å². The van der Waals surface area contributed by atoms with Gasteiger partial charge in [0.1, 0.15) is 0 Å². The molecule has 1 heterocycles. The van der Waals surface area contributed by atoms with Crippen LogP contribution in [-0.4, -0.2) is 72.2 Å². The lowest BCUT2D eigenvalue weighted by molar-refractivity contribution is -0.121. The number of carbonyl (C=O) groups is 2. The number of fused-ring (bicyclic) bond motifs is 1. The Morgan fingerprint density at radius 1 is 1.06 bits per heavy atom. The SMILES string of the molecule is COCCCNC(=O)CN(C)C(=O)c1ccc(NS(=O)(=O)c2ccc3c(c2)OCCCO3)cc1. The lowest BCUT2D eigenvalue weighted by Crippen LogP contribution is -2.38. The van der Waals surface area contributed by atoms with Gasteiger partial charge in [0.25, 0.3) is 15.9 Å². The monoisotopic (exact) mass is 491 g/mol. The molecule has 2 aromatic carbocycles. The van der Waals surface area contributed by atoms with Crippen LogP contribution in [0.1, 0.15) is 23.2 Å². The molecule has 0 bridgehead atoms. The zero-order valence-corrected chi connectivity index (χ0v) is 20.0. The summed E-state index contributed by atoms with van der Waals surface area (Å²) in [5.74, 6) is 0.259. The Morgan fingerprint density at radius 3 is 2.47 bits per heavy atom. The van der Waals surface area contributed by atoms with Crippen LogP contribution in [-0.2, 0) is 19.6 Å². The zero-order valence-electron chi connectivity index (χ0n) is 19.2. The largest absolute Gasteiger partial charge is 0.490 e. The Hall–Kier alpha value is -3.31. The first kappa shape index (κ1) is 25.3. The van der Waals surface area contributed by atoms with Gasteiger partial charge in [-0.05, 0) is 42.8 Å². The fraction of sp³-hybridized carbons (Fsp3) is 0.391. The van der Waals surface area contributed by atoms with E-state index in [1.807, 2.05) is 0 Å². The highest BCUT2D eigenvalue weighted by Crippen LogP contribution is 2.32. The van der Waals surface area contributed by atoms with Gasteiger partial charge in [0, 0.05) is 51.0 Å². The van der Waals surface area contributed by atoms with Gasteiger partial charge in [0.15, 0.2) is 11.5 Å². The quantitative estimate of drug-likeness (QED) is 0.487. The number of likely N-dealkylation sites (N-methyl/N-ethyl adjacent to an activating group) is 1.